The van der Waals surface area contributed by atoms with Crippen LogP contribution in [-0.2, 0) is 14.3 Å². The fourth-order valence-electron chi connectivity index (χ4n) is 5.05. The Kier molecular flexibility index (Phi) is 6.98. The summed E-state index contributed by atoms with van der Waals surface area (Å²) in [6.07, 6.45) is 7.08. The highest BCUT2D eigenvalue weighted by atomic mass is 16.5. The zero-order valence-electron chi connectivity index (χ0n) is 18.9. The largest absolute Gasteiger partial charge is 0.490 e. The molecule has 0 spiro atoms. The first-order valence-electron chi connectivity index (χ1n) is 11.7. The minimum atomic E-state index is -0.298. The van der Waals surface area contributed by atoms with E-state index >= 15 is 0 Å². The van der Waals surface area contributed by atoms with Crippen LogP contribution >= 0.6 is 0 Å². The van der Waals surface area contributed by atoms with Crippen molar-refractivity contribution in [3.05, 3.63) is 23.8 Å². The molecule has 0 bridgehead atoms. The standard InChI is InChI=1S/C24H33N3O5/c1-15(28)25-17-8-11-21-19(12-17)24(30)27(2)20-10-9-18(32-22(20)14-31-21)13-23(29)26-16-6-4-3-5-7-16/h8,11-12,16,18,20,22H,3-7,9-10,13-14H2,1-2H3,(H,25,28)(H,26,29)/t18-,20-,22-/m0/s1. The minimum Gasteiger partial charge on any atom is -0.490 e. The smallest absolute Gasteiger partial charge is 0.257 e. The summed E-state index contributed by atoms with van der Waals surface area (Å²) in [6, 6.07) is 5.23. The van der Waals surface area contributed by atoms with Crippen molar-refractivity contribution in [2.75, 3.05) is 19.0 Å². The van der Waals surface area contributed by atoms with E-state index in [1.54, 1.807) is 30.1 Å². The molecule has 4 rings (SSSR count). The second-order valence-corrected chi connectivity index (χ2v) is 9.17. The Morgan fingerprint density at radius 1 is 1.12 bits per heavy atom. The van der Waals surface area contributed by atoms with Gasteiger partial charge in [-0.3, -0.25) is 14.4 Å². The normalized spacial score (nSPS) is 26.1. The maximum absolute atomic E-state index is 13.2. The predicted molar refractivity (Wildman–Crippen MR) is 120 cm³/mol. The van der Waals surface area contributed by atoms with Gasteiger partial charge in [0.1, 0.15) is 18.5 Å². The van der Waals surface area contributed by atoms with Crippen molar-refractivity contribution < 1.29 is 23.9 Å². The van der Waals surface area contributed by atoms with Crippen molar-refractivity contribution in [3.8, 4) is 5.75 Å². The first-order valence-corrected chi connectivity index (χ1v) is 11.7. The number of rotatable bonds is 4. The van der Waals surface area contributed by atoms with E-state index in [1.807, 2.05) is 0 Å². The highest BCUT2D eigenvalue weighted by Gasteiger charge is 2.39. The molecule has 1 aromatic rings. The average molecular weight is 444 g/mol. The number of anilines is 1. The first kappa shape index (κ1) is 22.6. The molecule has 0 aromatic heterocycles. The summed E-state index contributed by atoms with van der Waals surface area (Å²) in [7, 11) is 1.78. The van der Waals surface area contributed by atoms with Gasteiger partial charge < -0.3 is 25.0 Å². The Labute approximate surface area is 189 Å². The van der Waals surface area contributed by atoms with Gasteiger partial charge in [0.2, 0.25) is 11.8 Å². The van der Waals surface area contributed by atoms with Crippen molar-refractivity contribution in [3.63, 3.8) is 0 Å². The number of ether oxygens (including phenoxy) is 2. The van der Waals surface area contributed by atoms with Crippen LogP contribution in [0.1, 0.15) is 68.6 Å². The number of amides is 3. The molecule has 1 aromatic carbocycles. The topological polar surface area (TPSA) is 97.0 Å². The third-order valence-electron chi connectivity index (χ3n) is 6.72. The summed E-state index contributed by atoms with van der Waals surface area (Å²) < 4.78 is 12.2. The van der Waals surface area contributed by atoms with Gasteiger partial charge in [0.15, 0.2) is 0 Å². The van der Waals surface area contributed by atoms with Crippen molar-refractivity contribution in [2.24, 2.45) is 0 Å². The summed E-state index contributed by atoms with van der Waals surface area (Å²) in [5.41, 5.74) is 0.980. The van der Waals surface area contributed by atoms with Crippen molar-refractivity contribution >= 4 is 23.4 Å². The van der Waals surface area contributed by atoms with Crippen LogP contribution in [0.2, 0.25) is 0 Å². The van der Waals surface area contributed by atoms with Crippen molar-refractivity contribution in [2.45, 2.75) is 82.6 Å². The molecule has 32 heavy (non-hydrogen) atoms. The number of fused-ring (bicyclic) bond motifs is 2. The lowest BCUT2D eigenvalue weighted by atomic mass is 9.93. The molecular formula is C24H33N3O5. The number of hydrogen-bond acceptors (Lipinski definition) is 5. The summed E-state index contributed by atoms with van der Waals surface area (Å²) in [5, 5.41) is 5.87. The molecule has 2 aliphatic heterocycles. The van der Waals surface area contributed by atoms with E-state index in [-0.39, 0.29) is 36.0 Å². The molecule has 0 unspecified atom stereocenters. The quantitative estimate of drug-likeness (QED) is 0.746. The number of carbonyl (C=O) groups is 3. The number of benzene rings is 1. The van der Waals surface area contributed by atoms with Gasteiger partial charge in [0.05, 0.1) is 24.1 Å². The zero-order chi connectivity index (χ0) is 22.7. The van der Waals surface area contributed by atoms with E-state index in [1.165, 1.54) is 26.2 Å². The average Bonchev–Trinajstić information content (AvgIpc) is 2.77. The molecule has 174 valence electrons. The summed E-state index contributed by atoms with van der Waals surface area (Å²) in [6.45, 7) is 1.73. The minimum absolute atomic E-state index is 0.0485. The number of likely N-dealkylation sites (N-methyl/N-ethyl adjacent to an activating group) is 1. The Morgan fingerprint density at radius 2 is 1.91 bits per heavy atom. The van der Waals surface area contributed by atoms with Gasteiger partial charge in [0, 0.05) is 25.7 Å². The number of nitrogens with zero attached hydrogens (tertiary/aromatic N) is 1. The molecule has 8 nitrogen and oxygen atoms in total. The van der Waals surface area contributed by atoms with E-state index in [9.17, 15) is 14.4 Å². The van der Waals surface area contributed by atoms with Crippen LogP contribution in [-0.4, -0.2) is 60.6 Å². The third-order valence-corrected chi connectivity index (χ3v) is 6.72. The maximum atomic E-state index is 13.2. The number of hydrogen-bond donors (Lipinski definition) is 2. The van der Waals surface area contributed by atoms with Gasteiger partial charge >= 0.3 is 0 Å². The number of nitrogens with one attached hydrogen (secondary N) is 2. The molecule has 2 heterocycles. The lowest BCUT2D eigenvalue weighted by molar-refractivity contribution is -0.134. The third kappa shape index (κ3) is 5.23. The Hall–Kier alpha value is -2.61. The highest BCUT2D eigenvalue weighted by Crippen LogP contribution is 2.32. The molecule has 8 heteroatoms. The lowest BCUT2D eigenvalue weighted by Crippen LogP contribution is -2.54. The molecule has 0 radical (unpaired) electrons. The van der Waals surface area contributed by atoms with Crippen molar-refractivity contribution in [1.29, 1.82) is 0 Å². The van der Waals surface area contributed by atoms with E-state index in [2.05, 4.69) is 10.6 Å². The van der Waals surface area contributed by atoms with Gasteiger partial charge in [-0.2, -0.15) is 0 Å². The molecule has 1 saturated heterocycles. The SMILES string of the molecule is CC(=O)Nc1ccc2c(c1)C(=O)N(C)[C@H]1CC[C@@H](CC(=O)NC3CCCCC3)O[C@H]1CO2. The van der Waals surface area contributed by atoms with Gasteiger partial charge in [-0.05, 0) is 43.9 Å². The van der Waals surface area contributed by atoms with Crippen molar-refractivity contribution in [1.82, 2.24) is 10.2 Å². The molecule has 3 amide bonds. The highest BCUT2D eigenvalue weighted by molar-refractivity contribution is 5.99. The van der Waals surface area contributed by atoms with Crippen LogP contribution in [0.15, 0.2) is 18.2 Å². The summed E-state index contributed by atoms with van der Waals surface area (Å²) in [4.78, 5) is 38.8. The van der Waals surface area contributed by atoms with Crippen LogP contribution in [0.4, 0.5) is 5.69 Å². The summed E-state index contributed by atoms with van der Waals surface area (Å²) in [5.74, 6) is 0.151. The molecule has 2 N–H and O–H groups in total. The van der Waals surface area contributed by atoms with Gasteiger partial charge in [-0.25, -0.2) is 0 Å². The second-order valence-electron chi connectivity index (χ2n) is 9.17. The van der Waals surface area contributed by atoms with E-state index < -0.39 is 0 Å². The first-order chi connectivity index (χ1) is 15.4. The van der Waals surface area contributed by atoms with E-state index in [4.69, 9.17) is 9.47 Å². The van der Waals surface area contributed by atoms with E-state index in [0.29, 0.717) is 36.1 Å². The molecule has 2 fully saturated rings. The van der Waals surface area contributed by atoms with Crippen LogP contribution < -0.4 is 15.4 Å². The number of carbonyl (C=O) groups excluding carboxylic acids is 3. The maximum Gasteiger partial charge on any atom is 0.257 e. The Bertz CT molecular complexity index is 867. The van der Waals surface area contributed by atoms with Gasteiger partial charge in [-0.1, -0.05) is 19.3 Å². The van der Waals surface area contributed by atoms with Crippen LogP contribution in [0.5, 0.6) is 5.75 Å². The Morgan fingerprint density at radius 3 is 2.66 bits per heavy atom. The molecule has 1 saturated carbocycles. The fraction of sp³-hybridized carbons (Fsp3) is 0.625. The van der Waals surface area contributed by atoms with E-state index in [0.717, 1.165) is 25.7 Å². The molecule has 1 aliphatic carbocycles. The molecule has 3 aliphatic rings. The van der Waals surface area contributed by atoms with Crippen LogP contribution in [0, 0.1) is 0 Å². The second kappa shape index (κ2) is 9.90. The summed E-state index contributed by atoms with van der Waals surface area (Å²) >= 11 is 0. The zero-order valence-corrected chi connectivity index (χ0v) is 18.9. The molecule has 3 atom stereocenters. The van der Waals surface area contributed by atoms with Gasteiger partial charge in [-0.15, -0.1) is 0 Å². The van der Waals surface area contributed by atoms with Gasteiger partial charge in [0.25, 0.3) is 5.91 Å². The molecular weight excluding hydrogens is 410 g/mol. The predicted octanol–water partition coefficient (Wildman–Crippen LogP) is 2.86. The fourth-order valence-corrected chi connectivity index (χ4v) is 5.05. The van der Waals surface area contributed by atoms with Crippen LogP contribution in [0.3, 0.4) is 0 Å². The lowest BCUT2D eigenvalue weighted by Gasteiger charge is -2.42. The monoisotopic (exact) mass is 443 g/mol. The van der Waals surface area contributed by atoms with Crippen LogP contribution in [0.25, 0.3) is 0 Å². The Balaban J connectivity index is 1.40.